The van der Waals surface area contributed by atoms with Gasteiger partial charge < -0.3 is 31.7 Å². The fourth-order valence-corrected chi connectivity index (χ4v) is 3.32. The second-order valence-corrected chi connectivity index (χ2v) is 10.3. The van der Waals surface area contributed by atoms with Gasteiger partial charge in [0.2, 0.25) is 17.7 Å². The van der Waals surface area contributed by atoms with Crippen LogP contribution in [0.3, 0.4) is 0 Å². The van der Waals surface area contributed by atoms with Gasteiger partial charge in [0.15, 0.2) is 0 Å². The van der Waals surface area contributed by atoms with Crippen LogP contribution in [0.25, 0.3) is 0 Å². The Balaban J connectivity index is 5.35. The molecular formula is C25H45BN6O5. The molecule has 11 nitrogen and oxygen atoms in total. The van der Waals surface area contributed by atoms with Gasteiger partial charge in [-0.15, -0.1) is 0 Å². The number of unbranched alkanes of at least 4 members (excludes halogenated alkanes) is 1. The number of allylic oxidation sites excluding steroid dienone is 1. The molecule has 3 unspecified atom stereocenters. The summed E-state index contributed by atoms with van der Waals surface area (Å²) in [7, 11) is -1.75. The third kappa shape index (κ3) is 14.4. The predicted molar refractivity (Wildman–Crippen MR) is 145 cm³/mol. The minimum absolute atomic E-state index is 0.0952. The van der Waals surface area contributed by atoms with Crippen molar-refractivity contribution in [3.63, 3.8) is 0 Å². The first kappa shape index (κ1) is 34.1. The predicted octanol–water partition coefficient (Wildman–Crippen LogP) is 0.808. The zero-order valence-electron chi connectivity index (χ0n) is 23.2. The summed E-state index contributed by atoms with van der Waals surface area (Å²) in [5, 5.41) is 36.5. The Bertz CT molecular complexity index is 851. The number of amidine groups is 1. The summed E-state index contributed by atoms with van der Waals surface area (Å²) in [4.78, 5) is 41.9. The van der Waals surface area contributed by atoms with E-state index in [-0.39, 0.29) is 35.9 Å². The number of nitrogens with two attached hydrogens (primary N) is 1. The number of aliphatic imine (C=N–C) groups is 1. The van der Waals surface area contributed by atoms with Crippen molar-refractivity contribution in [3.05, 3.63) is 11.6 Å². The van der Waals surface area contributed by atoms with Gasteiger partial charge in [0, 0.05) is 12.5 Å². The molecule has 0 spiro atoms. The number of rotatable bonds is 16. The van der Waals surface area contributed by atoms with E-state index in [4.69, 9.17) is 5.73 Å². The summed E-state index contributed by atoms with van der Waals surface area (Å²) in [6.07, 6.45) is 3.36. The second-order valence-electron chi connectivity index (χ2n) is 10.3. The summed E-state index contributed by atoms with van der Waals surface area (Å²) in [6, 6.07) is 0.213. The molecule has 3 atom stereocenters. The van der Waals surface area contributed by atoms with Gasteiger partial charge in [-0.2, -0.15) is 5.26 Å². The number of amides is 3. The Morgan fingerprint density at radius 1 is 0.973 bits per heavy atom. The molecule has 0 saturated heterocycles. The van der Waals surface area contributed by atoms with E-state index in [0.717, 1.165) is 0 Å². The molecule has 0 aromatic rings. The Morgan fingerprint density at radius 3 is 2.08 bits per heavy atom. The first-order valence-electron chi connectivity index (χ1n) is 12.9. The van der Waals surface area contributed by atoms with Gasteiger partial charge in [-0.05, 0) is 44.4 Å². The summed E-state index contributed by atoms with van der Waals surface area (Å²) in [6.45, 7) is 12.9. The highest BCUT2D eigenvalue weighted by Crippen LogP contribution is 2.09. The van der Waals surface area contributed by atoms with Crippen LogP contribution in [0.5, 0.6) is 0 Å². The number of carbonyl (C=O) groups is 3. The first-order valence-corrected chi connectivity index (χ1v) is 12.9. The van der Waals surface area contributed by atoms with Crippen molar-refractivity contribution >= 4 is 30.7 Å². The number of carbonyl (C=O) groups excluding carboxylic acids is 3. The van der Waals surface area contributed by atoms with Crippen LogP contribution in [-0.4, -0.2) is 65.3 Å². The fourth-order valence-electron chi connectivity index (χ4n) is 3.32. The van der Waals surface area contributed by atoms with Gasteiger partial charge >= 0.3 is 7.12 Å². The highest BCUT2D eigenvalue weighted by atomic mass is 16.4. The van der Waals surface area contributed by atoms with Gasteiger partial charge in [-0.3, -0.25) is 19.4 Å². The third-order valence-corrected chi connectivity index (χ3v) is 5.40. The Hall–Kier alpha value is -2.91. The number of hydrogen-bond donors (Lipinski definition) is 6. The lowest BCUT2D eigenvalue weighted by atomic mass is 9.75. The number of nitrogens with one attached hydrogen (secondary N) is 3. The molecule has 0 saturated carbocycles. The Labute approximate surface area is 221 Å². The minimum Gasteiger partial charge on any atom is -0.426 e. The van der Waals surface area contributed by atoms with Crippen LogP contribution in [-0.2, 0) is 14.4 Å². The molecule has 0 rings (SSSR count). The maximum atomic E-state index is 13.0. The van der Waals surface area contributed by atoms with Crippen LogP contribution in [0.2, 0.25) is 0 Å². The lowest BCUT2D eigenvalue weighted by Gasteiger charge is -2.25. The molecule has 0 aromatic heterocycles. The molecule has 0 heterocycles. The van der Waals surface area contributed by atoms with E-state index in [9.17, 15) is 29.7 Å². The minimum atomic E-state index is -1.75. The summed E-state index contributed by atoms with van der Waals surface area (Å²) < 4.78 is 0. The normalized spacial score (nSPS) is 14.7. The van der Waals surface area contributed by atoms with E-state index in [1.807, 2.05) is 33.8 Å². The molecule has 37 heavy (non-hydrogen) atoms. The molecule has 0 aliphatic carbocycles. The molecule has 0 aliphatic rings. The van der Waals surface area contributed by atoms with E-state index in [2.05, 4.69) is 20.9 Å². The van der Waals surface area contributed by atoms with Crippen LogP contribution in [0.1, 0.15) is 74.1 Å². The van der Waals surface area contributed by atoms with Crippen molar-refractivity contribution in [3.8, 4) is 6.07 Å². The van der Waals surface area contributed by atoms with Crippen LogP contribution in [0.4, 0.5) is 0 Å². The van der Waals surface area contributed by atoms with Gasteiger partial charge in [-0.25, -0.2) is 0 Å². The van der Waals surface area contributed by atoms with Crippen LogP contribution < -0.4 is 21.7 Å². The lowest BCUT2D eigenvalue weighted by Crippen LogP contribution is -2.56. The van der Waals surface area contributed by atoms with Crippen molar-refractivity contribution < 1.29 is 24.4 Å². The molecule has 208 valence electrons. The summed E-state index contributed by atoms with van der Waals surface area (Å²) in [5.74, 6) is -2.17. The van der Waals surface area contributed by atoms with Gasteiger partial charge in [0.1, 0.15) is 24.0 Å². The molecule has 7 N–H and O–H groups in total. The summed E-state index contributed by atoms with van der Waals surface area (Å²) >= 11 is 0. The van der Waals surface area contributed by atoms with Crippen molar-refractivity contribution in [1.82, 2.24) is 16.0 Å². The molecule has 12 heteroatoms. The topological polar surface area (TPSA) is 190 Å². The third-order valence-electron chi connectivity index (χ3n) is 5.40. The van der Waals surface area contributed by atoms with Crippen molar-refractivity contribution in [2.24, 2.45) is 28.5 Å². The molecule has 0 radical (unpaired) electrons. The van der Waals surface area contributed by atoms with Gasteiger partial charge in [0.05, 0.1) is 11.5 Å². The number of hydrogen-bond acceptors (Lipinski definition) is 7. The average Bonchev–Trinajstić information content (AvgIpc) is 2.79. The van der Waals surface area contributed by atoms with Gasteiger partial charge in [-0.1, -0.05) is 47.6 Å². The maximum Gasteiger partial charge on any atom is 0.475 e. The molecule has 0 aliphatic heterocycles. The number of nitriles is 1. The highest BCUT2D eigenvalue weighted by molar-refractivity contribution is 6.43. The fraction of sp³-hybridized carbons (Fsp3) is 0.720. The Morgan fingerprint density at radius 2 is 1.59 bits per heavy atom. The highest BCUT2D eigenvalue weighted by Gasteiger charge is 2.30. The molecule has 0 fully saturated rings. The summed E-state index contributed by atoms with van der Waals surface area (Å²) in [5.41, 5.74) is 6.22. The molecule has 3 amide bonds. The smallest absolute Gasteiger partial charge is 0.426 e. The average molecular weight is 520 g/mol. The lowest BCUT2D eigenvalue weighted by molar-refractivity contribution is -0.132. The van der Waals surface area contributed by atoms with Crippen molar-refractivity contribution in [2.75, 3.05) is 6.54 Å². The molecule has 0 bridgehead atoms. The van der Waals surface area contributed by atoms with E-state index in [1.165, 1.54) is 6.92 Å². The van der Waals surface area contributed by atoms with Gasteiger partial charge in [0.25, 0.3) is 0 Å². The van der Waals surface area contributed by atoms with E-state index in [1.54, 1.807) is 19.9 Å². The van der Waals surface area contributed by atoms with Crippen molar-refractivity contribution in [1.29, 1.82) is 5.26 Å². The standard InChI is InChI=1S/C25H45BN6O5/c1-15(2)12-19(14-27)22(28)29-11-9-8-10-20(25(35)32-21(26(36)37)13-16(3)4)31-24(34)18(7)30-23(33)17(5)6/h12,15-18,20-21,36-37H,8-11,13H2,1-7H3,(H2,28,29)(H,30,33)(H,31,34)(H,32,35). The number of nitrogens with zero attached hydrogens (tertiary/aromatic N) is 2. The maximum absolute atomic E-state index is 13.0. The first-order chi connectivity index (χ1) is 17.2. The molecular weight excluding hydrogens is 475 g/mol. The zero-order valence-corrected chi connectivity index (χ0v) is 23.2. The SMILES string of the molecule is CC(C)C=C(C#N)C(N)=NCCCCC(NC(=O)C(C)NC(=O)C(C)C)C(=O)NC(CC(C)C)B(O)O. The van der Waals surface area contributed by atoms with Crippen LogP contribution in [0, 0.1) is 29.1 Å². The van der Waals surface area contributed by atoms with Crippen molar-refractivity contribution in [2.45, 2.75) is 92.2 Å². The quantitative estimate of drug-likeness (QED) is 0.0570. The Kier molecular flexibility index (Phi) is 16.2. The largest absolute Gasteiger partial charge is 0.475 e. The second kappa shape index (κ2) is 17.5. The zero-order chi connectivity index (χ0) is 28.7. The monoisotopic (exact) mass is 520 g/mol. The molecule has 0 aromatic carbocycles. The van der Waals surface area contributed by atoms with E-state index < -0.39 is 37.0 Å². The van der Waals surface area contributed by atoms with E-state index >= 15 is 0 Å². The van der Waals surface area contributed by atoms with Crippen LogP contribution >= 0.6 is 0 Å². The van der Waals surface area contributed by atoms with Crippen LogP contribution in [0.15, 0.2) is 16.6 Å². The van der Waals surface area contributed by atoms with E-state index in [0.29, 0.717) is 31.4 Å².